The number of benzene rings is 2. The molecule has 2 aromatic rings. The summed E-state index contributed by atoms with van der Waals surface area (Å²) in [6.45, 7) is 24.0. The summed E-state index contributed by atoms with van der Waals surface area (Å²) in [5.74, 6) is 1.61. The van der Waals surface area contributed by atoms with E-state index in [0.29, 0.717) is 11.5 Å². The molecule has 36 heavy (non-hydrogen) atoms. The Morgan fingerprint density at radius 3 is 1.33 bits per heavy atom. The third kappa shape index (κ3) is 7.30. The van der Waals surface area contributed by atoms with Gasteiger partial charge in [-0.25, -0.2) is 0 Å². The van der Waals surface area contributed by atoms with E-state index < -0.39 is 0 Å². The molecule has 0 heterocycles. The van der Waals surface area contributed by atoms with Gasteiger partial charge in [0, 0.05) is 5.92 Å². The Balaban J connectivity index is 2.78. The normalized spacial score (nSPS) is 12.8. The minimum atomic E-state index is -0.149. The number of aromatic hydroxyl groups is 2. The van der Waals surface area contributed by atoms with Gasteiger partial charge in [-0.1, -0.05) is 133 Å². The van der Waals surface area contributed by atoms with Crippen molar-refractivity contribution in [3.63, 3.8) is 0 Å². The summed E-state index contributed by atoms with van der Waals surface area (Å²) in [5.41, 5.74) is 6.40. The third-order valence-corrected chi connectivity index (χ3v) is 7.58. The van der Waals surface area contributed by atoms with Crippen LogP contribution in [0, 0.1) is 0 Å². The quantitative estimate of drug-likeness (QED) is 0.322. The van der Waals surface area contributed by atoms with Crippen molar-refractivity contribution in [1.29, 1.82) is 0 Å². The van der Waals surface area contributed by atoms with Crippen LogP contribution < -0.4 is 0 Å². The topological polar surface area (TPSA) is 40.5 Å². The number of hydrogen-bond acceptors (Lipinski definition) is 2. The highest BCUT2D eigenvalue weighted by atomic mass is 16.3. The molecule has 202 valence electrons. The van der Waals surface area contributed by atoms with Gasteiger partial charge < -0.3 is 10.2 Å². The molecule has 2 aromatic carbocycles. The molecule has 2 N–H and O–H groups in total. The fourth-order valence-corrected chi connectivity index (χ4v) is 5.26. The first-order valence-electron chi connectivity index (χ1n) is 14.3. The van der Waals surface area contributed by atoms with Crippen molar-refractivity contribution >= 4 is 0 Å². The van der Waals surface area contributed by atoms with E-state index in [1.807, 2.05) is 0 Å². The van der Waals surface area contributed by atoms with Gasteiger partial charge in [0.25, 0.3) is 0 Å². The van der Waals surface area contributed by atoms with Crippen LogP contribution in [-0.4, -0.2) is 10.2 Å². The van der Waals surface area contributed by atoms with E-state index in [1.54, 1.807) is 0 Å². The Morgan fingerprint density at radius 1 is 0.611 bits per heavy atom. The highest BCUT2D eigenvalue weighted by Crippen LogP contribution is 2.44. The molecule has 0 atom stereocenters. The van der Waals surface area contributed by atoms with Crippen LogP contribution in [-0.2, 0) is 10.8 Å². The van der Waals surface area contributed by atoms with E-state index in [9.17, 15) is 10.2 Å². The van der Waals surface area contributed by atoms with Crippen molar-refractivity contribution in [3.05, 3.63) is 57.6 Å². The van der Waals surface area contributed by atoms with Crippen molar-refractivity contribution < 1.29 is 10.2 Å². The molecule has 2 heteroatoms. The molecular weight excluding hydrogens is 440 g/mol. The van der Waals surface area contributed by atoms with Gasteiger partial charge in [-0.05, 0) is 62.5 Å². The molecule has 0 aliphatic rings. The number of hydrogen-bond donors (Lipinski definition) is 2. The minimum Gasteiger partial charge on any atom is -0.507 e. The summed E-state index contributed by atoms with van der Waals surface area (Å²) in [7, 11) is 0. The lowest BCUT2D eigenvalue weighted by atomic mass is 9.76. The highest BCUT2D eigenvalue weighted by Gasteiger charge is 2.28. The number of phenolic OH excluding ortho intramolecular Hbond substituents is 2. The Bertz CT molecular complexity index is 924. The molecule has 0 fully saturated rings. The number of rotatable bonds is 10. The monoisotopic (exact) mass is 494 g/mol. The summed E-state index contributed by atoms with van der Waals surface area (Å²) in [6, 6.07) is 9.03. The van der Waals surface area contributed by atoms with Gasteiger partial charge in [0.05, 0.1) is 0 Å². The predicted molar refractivity (Wildman–Crippen MR) is 157 cm³/mol. The SMILES string of the molecule is CCCCCCCC(c1cc(C(C)C)c(O)c(C(C)(C)C)c1)c1cc(C(C)C)c(O)c(C(C)(C)C)c1. The zero-order valence-corrected chi connectivity index (χ0v) is 25.2. The Hall–Kier alpha value is -1.96. The van der Waals surface area contributed by atoms with E-state index in [-0.39, 0.29) is 28.6 Å². The summed E-state index contributed by atoms with van der Waals surface area (Å²) in [5, 5.41) is 22.4. The molecule has 2 rings (SSSR count). The summed E-state index contributed by atoms with van der Waals surface area (Å²) >= 11 is 0. The molecule has 0 aromatic heterocycles. The van der Waals surface area contributed by atoms with Crippen molar-refractivity contribution in [2.75, 3.05) is 0 Å². The summed E-state index contributed by atoms with van der Waals surface area (Å²) < 4.78 is 0. The molecule has 0 unspecified atom stereocenters. The standard InChI is InChI=1S/C34H54O2/c1-12-13-14-15-16-17-26(24-18-27(22(2)3)31(35)29(20-24)33(6,7)8)25-19-28(23(4)5)32(36)30(21-25)34(9,10)11/h18-23,26,35-36H,12-17H2,1-11H3. The van der Waals surface area contributed by atoms with Gasteiger partial charge in [0.15, 0.2) is 0 Å². The molecule has 0 saturated carbocycles. The first-order chi connectivity index (χ1) is 16.6. The third-order valence-electron chi connectivity index (χ3n) is 7.58. The fraction of sp³-hybridized carbons (Fsp3) is 0.647. The molecule has 2 nitrogen and oxygen atoms in total. The molecule has 0 bridgehead atoms. The average molecular weight is 495 g/mol. The summed E-state index contributed by atoms with van der Waals surface area (Å²) in [4.78, 5) is 0. The molecule has 0 saturated heterocycles. The Kier molecular flexibility index (Phi) is 10.1. The van der Waals surface area contributed by atoms with Crippen LogP contribution in [0.5, 0.6) is 11.5 Å². The van der Waals surface area contributed by atoms with Crippen molar-refractivity contribution in [2.24, 2.45) is 0 Å². The van der Waals surface area contributed by atoms with Crippen LogP contribution in [0.2, 0.25) is 0 Å². The second-order valence-corrected chi connectivity index (χ2v) is 13.6. The maximum absolute atomic E-state index is 11.2. The van der Waals surface area contributed by atoms with Gasteiger partial charge in [-0.3, -0.25) is 0 Å². The lowest BCUT2D eigenvalue weighted by molar-refractivity contribution is 0.436. The van der Waals surface area contributed by atoms with Crippen LogP contribution in [0.4, 0.5) is 0 Å². The van der Waals surface area contributed by atoms with Crippen LogP contribution in [0.25, 0.3) is 0 Å². The zero-order valence-electron chi connectivity index (χ0n) is 25.2. The largest absolute Gasteiger partial charge is 0.507 e. The molecule has 0 amide bonds. The lowest BCUT2D eigenvalue weighted by Crippen LogP contribution is -2.16. The molecule has 0 spiro atoms. The fourth-order valence-electron chi connectivity index (χ4n) is 5.26. The van der Waals surface area contributed by atoms with Crippen LogP contribution in [0.1, 0.15) is 166 Å². The van der Waals surface area contributed by atoms with Crippen molar-refractivity contribution in [3.8, 4) is 11.5 Å². The second kappa shape index (κ2) is 12.1. The Labute approximate surface area is 222 Å². The summed E-state index contributed by atoms with van der Waals surface area (Å²) in [6.07, 6.45) is 7.31. The first kappa shape index (κ1) is 30.3. The molecule has 0 radical (unpaired) electrons. The average Bonchev–Trinajstić information content (AvgIpc) is 2.75. The van der Waals surface area contributed by atoms with E-state index in [2.05, 4.69) is 100 Å². The molecule has 0 aliphatic carbocycles. The van der Waals surface area contributed by atoms with E-state index >= 15 is 0 Å². The van der Waals surface area contributed by atoms with Gasteiger partial charge in [-0.15, -0.1) is 0 Å². The van der Waals surface area contributed by atoms with E-state index in [1.165, 1.54) is 43.2 Å². The van der Waals surface area contributed by atoms with Crippen LogP contribution in [0.15, 0.2) is 24.3 Å². The van der Waals surface area contributed by atoms with Crippen molar-refractivity contribution in [2.45, 2.75) is 143 Å². The number of unbranched alkanes of at least 4 members (excludes halogenated alkanes) is 4. The van der Waals surface area contributed by atoms with E-state index in [0.717, 1.165) is 28.7 Å². The second-order valence-electron chi connectivity index (χ2n) is 13.6. The maximum atomic E-state index is 11.2. The maximum Gasteiger partial charge on any atom is 0.122 e. The lowest BCUT2D eigenvalue weighted by Gasteiger charge is -2.29. The Morgan fingerprint density at radius 2 is 1.00 bits per heavy atom. The smallest absolute Gasteiger partial charge is 0.122 e. The van der Waals surface area contributed by atoms with Gasteiger partial charge in [-0.2, -0.15) is 0 Å². The van der Waals surface area contributed by atoms with Gasteiger partial charge >= 0.3 is 0 Å². The predicted octanol–water partition coefficient (Wildman–Crippen LogP) is 10.4. The van der Waals surface area contributed by atoms with Gasteiger partial charge in [0.1, 0.15) is 11.5 Å². The first-order valence-corrected chi connectivity index (χ1v) is 14.3. The molecular formula is C34H54O2. The van der Waals surface area contributed by atoms with Crippen LogP contribution >= 0.6 is 0 Å². The van der Waals surface area contributed by atoms with Crippen LogP contribution in [0.3, 0.4) is 0 Å². The van der Waals surface area contributed by atoms with Crippen molar-refractivity contribution in [1.82, 2.24) is 0 Å². The highest BCUT2D eigenvalue weighted by molar-refractivity contribution is 5.54. The minimum absolute atomic E-state index is 0.149. The van der Waals surface area contributed by atoms with E-state index in [4.69, 9.17) is 0 Å². The zero-order chi connectivity index (χ0) is 27.4. The molecule has 0 aliphatic heterocycles. The van der Waals surface area contributed by atoms with Gasteiger partial charge in [0.2, 0.25) is 0 Å². The number of phenols is 2.